The molecule has 2 fully saturated rings. The third-order valence-electron chi connectivity index (χ3n) is 4.46. The van der Waals surface area contributed by atoms with Gasteiger partial charge >= 0.3 is 0 Å². The number of morpholine rings is 1. The number of benzene rings is 1. The lowest BCUT2D eigenvalue weighted by atomic mass is 9.95. The summed E-state index contributed by atoms with van der Waals surface area (Å²) in [5.41, 5.74) is 4.17. The summed E-state index contributed by atoms with van der Waals surface area (Å²) in [4.78, 5) is 0. The fourth-order valence-electron chi connectivity index (χ4n) is 3.49. The van der Waals surface area contributed by atoms with E-state index in [1.807, 2.05) is 0 Å². The van der Waals surface area contributed by atoms with Gasteiger partial charge in [-0.2, -0.15) is 0 Å². The number of ether oxygens (including phenoxy) is 1. The Balaban J connectivity index is 1.83. The molecular weight excluding hydrogens is 222 g/mol. The van der Waals surface area contributed by atoms with Crippen LogP contribution in [0.15, 0.2) is 18.2 Å². The lowest BCUT2D eigenvalue weighted by molar-refractivity contribution is -0.114. The van der Waals surface area contributed by atoms with Gasteiger partial charge in [0.1, 0.15) is 0 Å². The van der Waals surface area contributed by atoms with Crippen LogP contribution in [0.3, 0.4) is 0 Å². The predicted octanol–water partition coefficient (Wildman–Crippen LogP) is 3.28. The van der Waals surface area contributed by atoms with Crippen molar-refractivity contribution in [2.75, 3.05) is 13.1 Å². The quantitative estimate of drug-likeness (QED) is 0.820. The minimum atomic E-state index is 0.125. The highest BCUT2D eigenvalue weighted by Crippen LogP contribution is 2.39. The van der Waals surface area contributed by atoms with Crippen molar-refractivity contribution < 1.29 is 4.74 Å². The first-order valence-electron chi connectivity index (χ1n) is 7.14. The molecule has 2 heteroatoms. The van der Waals surface area contributed by atoms with Gasteiger partial charge in [0.2, 0.25) is 0 Å². The van der Waals surface area contributed by atoms with Crippen LogP contribution < -0.4 is 5.32 Å². The van der Waals surface area contributed by atoms with Gasteiger partial charge in [-0.15, -0.1) is 0 Å². The Morgan fingerprint density at radius 3 is 2.72 bits per heavy atom. The number of nitrogens with one attached hydrogen (secondary N) is 1. The summed E-state index contributed by atoms with van der Waals surface area (Å²) in [7, 11) is 0. The normalized spacial score (nSPS) is 26.7. The number of aryl methyl sites for hydroxylation is 2. The van der Waals surface area contributed by atoms with E-state index in [1.165, 1.54) is 42.4 Å². The zero-order valence-electron chi connectivity index (χ0n) is 11.5. The average Bonchev–Trinajstić information content (AvgIpc) is 2.77. The molecule has 0 radical (unpaired) electrons. The minimum absolute atomic E-state index is 0.125. The number of hydrogen-bond donors (Lipinski definition) is 1. The molecule has 1 saturated heterocycles. The zero-order chi connectivity index (χ0) is 12.6. The number of hydrogen-bond acceptors (Lipinski definition) is 2. The van der Waals surface area contributed by atoms with E-state index in [0.29, 0.717) is 0 Å². The van der Waals surface area contributed by atoms with E-state index in [4.69, 9.17) is 4.74 Å². The van der Waals surface area contributed by atoms with Crippen LogP contribution in [0.1, 0.15) is 48.5 Å². The molecule has 2 nitrogen and oxygen atoms in total. The Labute approximate surface area is 110 Å². The summed E-state index contributed by atoms with van der Waals surface area (Å²) in [5.74, 6) is 0. The van der Waals surface area contributed by atoms with Crippen LogP contribution in [-0.2, 0) is 4.74 Å². The van der Waals surface area contributed by atoms with Gasteiger partial charge < -0.3 is 10.1 Å². The molecule has 0 amide bonds. The largest absolute Gasteiger partial charge is 0.364 e. The van der Waals surface area contributed by atoms with Crippen molar-refractivity contribution in [2.45, 2.75) is 51.2 Å². The maximum Gasteiger partial charge on any atom is 0.0959 e. The molecule has 2 aliphatic rings. The Morgan fingerprint density at radius 1 is 1.22 bits per heavy atom. The van der Waals surface area contributed by atoms with Gasteiger partial charge in [-0.25, -0.2) is 0 Å². The maximum absolute atomic E-state index is 6.48. The summed E-state index contributed by atoms with van der Waals surface area (Å²) >= 11 is 0. The summed E-state index contributed by atoms with van der Waals surface area (Å²) in [6.45, 7) is 6.33. The second-order valence-corrected chi connectivity index (χ2v) is 5.99. The van der Waals surface area contributed by atoms with E-state index < -0.39 is 0 Å². The Morgan fingerprint density at radius 2 is 2.00 bits per heavy atom. The Hall–Kier alpha value is -0.860. The van der Waals surface area contributed by atoms with E-state index in [9.17, 15) is 0 Å². The molecule has 1 N–H and O–H groups in total. The molecule has 1 aliphatic carbocycles. The fourth-order valence-corrected chi connectivity index (χ4v) is 3.49. The van der Waals surface area contributed by atoms with Crippen molar-refractivity contribution in [1.82, 2.24) is 5.32 Å². The molecule has 0 aromatic heterocycles. The maximum atomic E-state index is 6.48. The van der Waals surface area contributed by atoms with E-state index in [1.54, 1.807) is 0 Å². The summed E-state index contributed by atoms with van der Waals surface area (Å²) in [6, 6.07) is 6.70. The lowest BCUT2D eigenvalue weighted by Crippen LogP contribution is -2.49. The molecule has 1 aliphatic heterocycles. The van der Waals surface area contributed by atoms with Crippen LogP contribution in [0.2, 0.25) is 0 Å². The molecule has 18 heavy (non-hydrogen) atoms. The van der Waals surface area contributed by atoms with E-state index in [0.717, 1.165) is 13.1 Å². The first-order valence-corrected chi connectivity index (χ1v) is 7.14. The topological polar surface area (TPSA) is 21.3 Å². The van der Waals surface area contributed by atoms with Crippen molar-refractivity contribution in [2.24, 2.45) is 0 Å². The van der Waals surface area contributed by atoms with Gasteiger partial charge in [0, 0.05) is 13.1 Å². The van der Waals surface area contributed by atoms with Crippen molar-refractivity contribution in [1.29, 1.82) is 0 Å². The van der Waals surface area contributed by atoms with Crippen LogP contribution in [0.4, 0.5) is 0 Å². The number of rotatable bonds is 1. The zero-order valence-corrected chi connectivity index (χ0v) is 11.5. The summed E-state index contributed by atoms with van der Waals surface area (Å²) < 4.78 is 6.48. The Bertz CT molecular complexity index is 435. The SMILES string of the molecule is Cc1ccc(C2CNCC3(CCCC3)O2)c(C)c1. The third-order valence-corrected chi connectivity index (χ3v) is 4.46. The highest BCUT2D eigenvalue weighted by molar-refractivity contribution is 5.32. The van der Waals surface area contributed by atoms with Gasteiger partial charge in [-0.3, -0.25) is 0 Å². The molecule has 1 unspecified atom stereocenters. The summed E-state index contributed by atoms with van der Waals surface area (Å²) in [6.07, 6.45) is 5.32. The van der Waals surface area contributed by atoms with Crippen LogP contribution in [-0.4, -0.2) is 18.7 Å². The molecule has 3 rings (SSSR count). The van der Waals surface area contributed by atoms with Gasteiger partial charge in [-0.05, 0) is 37.8 Å². The highest BCUT2D eigenvalue weighted by Gasteiger charge is 2.40. The standard InChI is InChI=1S/C16H23NO/c1-12-5-6-14(13(2)9-12)15-10-17-11-16(18-15)7-3-4-8-16/h5-6,9,15,17H,3-4,7-8,10-11H2,1-2H3. The van der Waals surface area contributed by atoms with Gasteiger partial charge in [0.25, 0.3) is 0 Å². The molecule has 1 aromatic rings. The van der Waals surface area contributed by atoms with Gasteiger partial charge in [-0.1, -0.05) is 36.6 Å². The lowest BCUT2D eigenvalue weighted by Gasteiger charge is -2.40. The van der Waals surface area contributed by atoms with Crippen molar-refractivity contribution in [3.63, 3.8) is 0 Å². The summed E-state index contributed by atoms with van der Waals surface area (Å²) in [5, 5.41) is 3.58. The van der Waals surface area contributed by atoms with E-state index in [-0.39, 0.29) is 11.7 Å². The molecule has 0 bridgehead atoms. The second-order valence-electron chi connectivity index (χ2n) is 5.99. The minimum Gasteiger partial charge on any atom is -0.364 e. The predicted molar refractivity (Wildman–Crippen MR) is 73.8 cm³/mol. The smallest absolute Gasteiger partial charge is 0.0959 e. The van der Waals surface area contributed by atoms with Crippen molar-refractivity contribution >= 4 is 0 Å². The molecule has 1 heterocycles. The van der Waals surface area contributed by atoms with E-state index >= 15 is 0 Å². The van der Waals surface area contributed by atoms with Crippen molar-refractivity contribution in [3.8, 4) is 0 Å². The first-order chi connectivity index (χ1) is 8.69. The van der Waals surface area contributed by atoms with Crippen LogP contribution in [0.25, 0.3) is 0 Å². The molecule has 1 saturated carbocycles. The molecule has 1 spiro atoms. The van der Waals surface area contributed by atoms with Crippen molar-refractivity contribution in [3.05, 3.63) is 34.9 Å². The molecular formula is C16H23NO. The Kier molecular flexibility index (Phi) is 3.16. The average molecular weight is 245 g/mol. The second kappa shape index (κ2) is 4.67. The fraction of sp³-hybridized carbons (Fsp3) is 0.625. The van der Waals surface area contributed by atoms with Gasteiger partial charge in [0.15, 0.2) is 0 Å². The van der Waals surface area contributed by atoms with Crippen LogP contribution >= 0.6 is 0 Å². The third kappa shape index (κ3) is 2.19. The van der Waals surface area contributed by atoms with Crippen LogP contribution in [0, 0.1) is 13.8 Å². The van der Waals surface area contributed by atoms with Crippen LogP contribution in [0.5, 0.6) is 0 Å². The highest BCUT2D eigenvalue weighted by atomic mass is 16.5. The molecule has 1 aromatic carbocycles. The molecule has 98 valence electrons. The van der Waals surface area contributed by atoms with E-state index in [2.05, 4.69) is 37.4 Å². The first kappa shape index (κ1) is 12.2. The monoisotopic (exact) mass is 245 g/mol. The van der Waals surface area contributed by atoms with Gasteiger partial charge in [0.05, 0.1) is 11.7 Å². The molecule has 1 atom stereocenters.